The molecule has 0 spiro atoms. The van der Waals surface area contributed by atoms with Crippen LogP contribution in [0.4, 0.5) is 0 Å². The largest absolute Gasteiger partial charge is 0.497 e. The Morgan fingerprint density at radius 3 is 2.89 bits per heavy atom. The van der Waals surface area contributed by atoms with E-state index >= 15 is 0 Å². The van der Waals surface area contributed by atoms with Gasteiger partial charge in [0.05, 0.1) is 19.0 Å². The van der Waals surface area contributed by atoms with Crippen molar-refractivity contribution >= 4 is 10.8 Å². The zero-order valence-electron chi connectivity index (χ0n) is 11.4. The van der Waals surface area contributed by atoms with Crippen molar-refractivity contribution in [3.05, 3.63) is 29.3 Å². The normalized spacial score (nSPS) is 23.7. The van der Waals surface area contributed by atoms with Crippen LogP contribution in [0.3, 0.4) is 0 Å². The third-order valence-electron chi connectivity index (χ3n) is 3.64. The quantitative estimate of drug-likeness (QED) is 0.887. The molecule has 0 saturated heterocycles. The summed E-state index contributed by atoms with van der Waals surface area (Å²) in [6, 6.07) is 5.80. The van der Waals surface area contributed by atoms with Gasteiger partial charge in [-0.05, 0) is 36.1 Å². The molecule has 1 aromatic rings. The minimum Gasteiger partial charge on any atom is -0.497 e. The van der Waals surface area contributed by atoms with Gasteiger partial charge in [-0.25, -0.2) is 0 Å². The van der Waals surface area contributed by atoms with Crippen LogP contribution in [-0.2, 0) is 22.0 Å². The number of fused-ring (bicyclic) bond motifs is 1. The van der Waals surface area contributed by atoms with Gasteiger partial charge in [0.2, 0.25) is 0 Å². The molecule has 0 radical (unpaired) electrons. The molecule has 4 nitrogen and oxygen atoms in total. The number of aryl methyl sites for hydroxylation is 1. The van der Waals surface area contributed by atoms with Crippen LogP contribution in [0.5, 0.6) is 5.75 Å². The lowest BCUT2D eigenvalue weighted by atomic mass is 9.87. The predicted octanol–water partition coefficient (Wildman–Crippen LogP) is 1.40. The van der Waals surface area contributed by atoms with Gasteiger partial charge in [-0.1, -0.05) is 6.07 Å². The first-order chi connectivity index (χ1) is 9.17. The van der Waals surface area contributed by atoms with E-state index in [2.05, 4.69) is 6.07 Å². The summed E-state index contributed by atoms with van der Waals surface area (Å²) < 4.78 is 22.5. The monoisotopic (exact) mass is 283 g/mol. The fraction of sp³-hybridized carbons (Fsp3) is 0.571. The van der Waals surface area contributed by atoms with Gasteiger partial charge in [-0.3, -0.25) is 4.21 Å². The average Bonchev–Trinajstić information content (AvgIpc) is 2.45. The fourth-order valence-electron chi connectivity index (χ4n) is 2.53. The Kier molecular flexibility index (Phi) is 4.96. The fourth-order valence-corrected chi connectivity index (χ4v) is 4.02. The summed E-state index contributed by atoms with van der Waals surface area (Å²) in [6.45, 7) is 0.515. The van der Waals surface area contributed by atoms with Crippen molar-refractivity contribution in [2.24, 2.45) is 5.73 Å². The van der Waals surface area contributed by atoms with E-state index in [0.29, 0.717) is 12.4 Å². The van der Waals surface area contributed by atoms with Crippen molar-refractivity contribution in [1.29, 1.82) is 0 Å². The molecule has 0 aliphatic heterocycles. The lowest BCUT2D eigenvalue weighted by Gasteiger charge is -2.30. The molecule has 106 valence electrons. The molecule has 5 heteroatoms. The van der Waals surface area contributed by atoms with Crippen LogP contribution in [-0.4, -0.2) is 36.0 Å². The van der Waals surface area contributed by atoms with Crippen molar-refractivity contribution in [3.63, 3.8) is 0 Å². The number of methoxy groups -OCH3 is 2. The summed E-state index contributed by atoms with van der Waals surface area (Å²) in [7, 11) is 2.32. The van der Waals surface area contributed by atoms with Gasteiger partial charge >= 0.3 is 0 Å². The molecule has 3 unspecified atom stereocenters. The zero-order chi connectivity index (χ0) is 13.8. The van der Waals surface area contributed by atoms with Crippen LogP contribution in [0.2, 0.25) is 0 Å². The van der Waals surface area contributed by atoms with Crippen LogP contribution in [0.1, 0.15) is 23.6 Å². The molecule has 19 heavy (non-hydrogen) atoms. The van der Waals surface area contributed by atoms with E-state index < -0.39 is 10.8 Å². The second-order valence-electron chi connectivity index (χ2n) is 4.75. The lowest BCUT2D eigenvalue weighted by molar-refractivity contribution is 0.217. The molecule has 0 fully saturated rings. The molecule has 0 amide bonds. The maximum Gasteiger partial charge on any atom is 0.119 e. The van der Waals surface area contributed by atoms with Crippen molar-refractivity contribution < 1.29 is 13.7 Å². The van der Waals surface area contributed by atoms with E-state index in [-0.39, 0.29) is 11.3 Å². The van der Waals surface area contributed by atoms with Gasteiger partial charge in [0.25, 0.3) is 0 Å². The molecule has 1 aliphatic carbocycles. The van der Waals surface area contributed by atoms with Gasteiger partial charge in [0.15, 0.2) is 0 Å². The molecule has 2 N–H and O–H groups in total. The molecule has 2 rings (SSSR count). The zero-order valence-corrected chi connectivity index (χ0v) is 12.2. The highest BCUT2D eigenvalue weighted by Gasteiger charge is 2.31. The standard InChI is InChI=1S/C14H21NO3S/c1-17-7-8-19(16)13-6-4-10-3-5-11(18-2)9-12(10)14(13)15/h3,5,9,13-14H,4,6-8,15H2,1-2H3. The Bertz CT molecular complexity index is 464. The number of hydrogen-bond donors (Lipinski definition) is 1. The van der Waals surface area contributed by atoms with E-state index in [9.17, 15) is 4.21 Å². The number of hydrogen-bond acceptors (Lipinski definition) is 4. The third-order valence-corrected chi connectivity index (χ3v) is 5.41. The molecule has 0 saturated carbocycles. The topological polar surface area (TPSA) is 61.5 Å². The lowest BCUT2D eigenvalue weighted by Crippen LogP contribution is -2.36. The van der Waals surface area contributed by atoms with Crippen LogP contribution in [0.25, 0.3) is 0 Å². The summed E-state index contributed by atoms with van der Waals surface area (Å²) in [6.07, 6.45) is 1.80. The van der Waals surface area contributed by atoms with Crippen molar-refractivity contribution in [3.8, 4) is 5.75 Å². The summed E-state index contributed by atoms with van der Waals surface area (Å²) in [5.41, 5.74) is 8.61. The Morgan fingerprint density at radius 1 is 1.42 bits per heavy atom. The van der Waals surface area contributed by atoms with E-state index in [1.54, 1.807) is 14.2 Å². The van der Waals surface area contributed by atoms with Gasteiger partial charge in [0, 0.05) is 29.7 Å². The number of rotatable bonds is 5. The van der Waals surface area contributed by atoms with Gasteiger partial charge in [-0.2, -0.15) is 0 Å². The Balaban J connectivity index is 2.18. The van der Waals surface area contributed by atoms with Gasteiger partial charge < -0.3 is 15.2 Å². The highest BCUT2D eigenvalue weighted by atomic mass is 32.2. The summed E-state index contributed by atoms with van der Waals surface area (Å²) >= 11 is 0. The molecular weight excluding hydrogens is 262 g/mol. The molecule has 1 aliphatic rings. The summed E-state index contributed by atoms with van der Waals surface area (Å²) in [5, 5.41) is 0.00903. The summed E-state index contributed by atoms with van der Waals surface area (Å²) in [5.74, 6) is 1.35. The number of benzene rings is 1. The first kappa shape index (κ1) is 14.5. The van der Waals surface area contributed by atoms with Crippen molar-refractivity contribution in [1.82, 2.24) is 0 Å². The van der Waals surface area contributed by atoms with Crippen molar-refractivity contribution in [2.75, 3.05) is 26.6 Å². The van der Waals surface area contributed by atoms with E-state index in [1.165, 1.54) is 5.56 Å². The van der Waals surface area contributed by atoms with E-state index in [1.807, 2.05) is 12.1 Å². The first-order valence-electron chi connectivity index (χ1n) is 6.46. The molecule has 3 atom stereocenters. The number of nitrogens with two attached hydrogens (primary N) is 1. The molecule has 0 heterocycles. The minimum absolute atomic E-state index is 0.00903. The molecule has 0 aromatic heterocycles. The molecule has 0 bridgehead atoms. The van der Waals surface area contributed by atoms with Gasteiger partial charge in [-0.15, -0.1) is 0 Å². The third kappa shape index (κ3) is 3.16. The average molecular weight is 283 g/mol. The highest BCUT2D eigenvalue weighted by Crippen LogP contribution is 2.33. The Morgan fingerprint density at radius 2 is 2.21 bits per heavy atom. The maximum atomic E-state index is 12.3. The van der Waals surface area contributed by atoms with Crippen LogP contribution in [0, 0.1) is 0 Å². The van der Waals surface area contributed by atoms with E-state index in [0.717, 1.165) is 24.2 Å². The molecule has 1 aromatic carbocycles. The van der Waals surface area contributed by atoms with E-state index in [4.69, 9.17) is 15.2 Å². The second kappa shape index (κ2) is 6.50. The summed E-state index contributed by atoms with van der Waals surface area (Å²) in [4.78, 5) is 0. The smallest absolute Gasteiger partial charge is 0.119 e. The van der Waals surface area contributed by atoms with Crippen LogP contribution >= 0.6 is 0 Å². The number of ether oxygens (including phenoxy) is 2. The van der Waals surface area contributed by atoms with Gasteiger partial charge in [0.1, 0.15) is 5.75 Å². The van der Waals surface area contributed by atoms with Crippen molar-refractivity contribution in [2.45, 2.75) is 24.1 Å². The van der Waals surface area contributed by atoms with Crippen LogP contribution in [0.15, 0.2) is 18.2 Å². The predicted molar refractivity (Wildman–Crippen MR) is 76.9 cm³/mol. The molecular formula is C14H21NO3S. The Labute approximate surface area is 116 Å². The first-order valence-corrected chi connectivity index (χ1v) is 7.84. The minimum atomic E-state index is -0.943. The van der Waals surface area contributed by atoms with Crippen LogP contribution < -0.4 is 10.5 Å². The second-order valence-corrected chi connectivity index (χ2v) is 6.52. The highest BCUT2D eigenvalue weighted by molar-refractivity contribution is 7.85. The Hall–Kier alpha value is -0.910. The maximum absolute atomic E-state index is 12.3. The SMILES string of the molecule is COCCS(=O)C1CCc2ccc(OC)cc2C1N.